The number of nitro groups is 1. The highest BCUT2D eigenvalue weighted by atomic mass is 79.9. The highest BCUT2D eigenvalue weighted by Gasteiger charge is 2.39. The van der Waals surface area contributed by atoms with Crippen molar-refractivity contribution in [2.45, 2.75) is 25.5 Å². The lowest BCUT2D eigenvalue weighted by Gasteiger charge is -2.23. The van der Waals surface area contributed by atoms with E-state index in [9.17, 15) is 10.1 Å². The van der Waals surface area contributed by atoms with Crippen molar-refractivity contribution in [1.82, 2.24) is 10.1 Å². The van der Waals surface area contributed by atoms with Gasteiger partial charge in [-0.15, -0.1) is 0 Å². The molecule has 0 N–H and O–H groups in total. The molecule has 1 aromatic heterocycles. The maximum atomic E-state index is 11.4. The van der Waals surface area contributed by atoms with Gasteiger partial charge in [-0.1, -0.05) is 21.1 Å². The molecule has 0 amide bonds. The van der Waals surface area contributed by atoms with Gasteiger partial charge in [-0.3, -0.25) is 10.1 Å². The first kappa shape index (κ1) is 15.9. The van der Waals surface area contributed by atoms with Crippen LogP contribution < -0.4 is 4.90 Å². The standard InChI is InChI=1S/C14H15BrN4O4/c1-8-16-14(23-17-8)13-6-10(22-2)7-18(13)11-4-3-9(15)5-12(11)19(20)21/h3-5,10,13H,6-7H2,1-2H3. The van der Waals surface area contributed by atoms with Crippen molar-refractivity contribution in [3.8, 4) is 0 Å². The van der Waals surface area contributed by atoms with Gasteiger partial charge in [0.2, 0.25) is 5.89 Å². The number of hydrogen-bond acceptors (Lipinski definition) is 7. The van der Waals surface area contributed by atoms with Crippen molar-refractivity contribution in [3.63, 3.8) is 0 Å². The van der Waals surface area contributed by atoms with Crippen LogP contribution in [0.15, 0.2) is 27.2 Å². The van der Waals surface area contributed by atoms with E-state index in [1.54, 1.807) is 26.2 Å². The second-order valence-electron chi connectivity index (χ2n) is 5.33. The molecule has 2 heterocycles. The Kier molecular flexibility index (Phi) is 4.31. The third-order valence-corrected chi connectivity index (χ3v) is 4.36. The van der Waals surface area contributed by atoms with E-state index in [0.29, 0.717) is 34.8 Å². The van der Waals surface area contributed by atoms with Gasteiger partial charge in [0.05, 0.1) is 11.0 Å². The summed E-state index contributed by atoms with van der Waals surface area (Å²) in [5.74, 6) is 0.977. The van der Waals surface area contributed by atoms with Crippen molar-refractivity contribution in [2.24, 2.45) is 0 Å². The van der Waals surface area contributed by atoms with E-state index in [0.717, 1.165) is 0 Å². The number of nitro benzene ring substituents is 1. The maximum Gasteiger partial charge on any atom is 0.293 e. The predicted octanol–water partition coefficient (Wildman–Crippen LogP) is 3.02. The monoisotopic (exact) mass is 382 g/mol. The number of hydrogen-bond donors (Lipinski definition) is 0. The highest BCUT2D eigenvalue weighted by molar-refractivity contribution is 9.10. The maximum absolute atomic E-state index is 11.4. The Labute approximate surface area is 140 Å². The number of aromatic nitrogens is 2. The van der Waals surface area contributed by atoms with Crippen molar-refractivity contribution in [1.29, 1.82) is 0 Å². The molecule has 122 valence electrons. The fraction of sp³-hybridized carbons (Fsp3) is 0.429. The molecule has 1 saturated heterocycles. The van der Waals surface area contributed by atoms with Crippen LogP contribution in [0.1, 0.15) is 24.2 Å². The topological polar surface area (TPSA) is 94.5 Å². The van der Waals surface area contributed by atoms with Crippen molar-refractivity contribution < 1.29 is 14.2 Å². The number of aryl methyl sites for hydroxylation is 1. The summed E-state index contributed by atoms with van der Waals surface area (Å²) in [6, 6.07) is 4.74. The first-order chi connectivity index (χ1) is 11.0. The molecule has 2 atom stereocenters. The van der Waals surface area contributed by atoms with Gasteiger partial charge in [-0.25, -0.2) is 0 Å². The summed E-state index contributed by atoms with van der Waals surface area (Å²) in [5.41, 5.74) is 0.538. The minimum absolute atomic E-state index is 0.0253. The molecule has 1 aliphatic rings. The van der Waals surface area contributed by atoms with Crippen LogP contribution in [0.4, 0.5) is 11.4 Å². The van der Waals surface area contributed by atoms with Crippen molar-refractivity contribution >= 4 is 27.3 Å². The predicted molar refractivity (Wildman–Crippen MR) is 85.3 cm³/mol. The van der Waals surface area contributed by atoms with Gasteiger partial charge in [0.25, 0.3) is 5.69 Å². The van der Waals surface area contributed by atoms with E-state index in [-0.39, 0.29) is 17.8 Å². The fourth-order valence-corrected chi connectivity index (χ4v) is 3.15. The van der Waals surface area contributed by atoms with Gasteiger partial charge in [-0.2, -0.15) is 4.98 Å². The Morgan fingerprint density at radius 2 is 2.30 bits per heavy atom. The Morgan fingerprint density at radius 1 is 1.52 bits per heavy atom. The Balaban J connectivity index is 2.03. The van der Waals surface area contributed by atoms with Crippen LogP contribution >= 0.6 is 15.9 Å². The molecule has 1 aliphatic heterocycles. The van der Waals surface area contributed by atoms with Crippen LogP contribution in [0.25, 0.3) is 0 Å². The number of nitrogens with zero attached hydrogens (tertiary/aromatic N) is 4. The molecule has 0 aliphatic carbocycles. The lowest BCUT2D eigenvalue weighted by Crippen LogP contribution is -2.25. The highest BCUT2D eigenvalue weighted by Crippen LogP contribution is 2.41. The molecule has 0 radical (unpaired) electrons. The molecule has 1 fully saturated rings. The molecule has 0 spiro atoms. The summed E-state index contributed by atoms with van der Waals surface area (Å²) in [7, 11) is 1.63. The normalized spacial score (nSPS) is 20.9. The number of anilines is 1. The zero-order valence-corrected chi connectivity index (χ0v) is 14.2. The number of methoxy groups -OCH3 is 1. The van der Waals surface area contributed by atoms with Gasteiger partial charge in [-0.05, 0) is 19.1 Å². The molecule has 23 heavy (non-hydrogen) atoms. The lowest BCUT2D eigenvalue weighted by atomic mass is 10.2. The average Bonchev–Trinajstić information content (AvgIpc) is 3.13. The third-order valence-electron chi connectivity index (χ3n) is 3.87. The van der Waals surface area contributed by atoms with E-state index >= 15 is 0 Å². The lowest BCUT2D eigenvalue weighted by molar-refractivity contribution is -0.384. The molecule has 0 saturated carbocycles. The number of ether oxygens (including phenoxy) is 1. The molecule has 2 unspecified atom stereocenters. The minimum Gasteiger partial charge on any atom is -0.380 e. The van der Waals surface area contributed by atoms with Crippen LogP contribution in [0.2, 0.25) is 0 Å². The molecule has 8 nitrogen and oxygen atoms in total. The molecule has 9 heteroatoms. The van der Waals surface area contributed by atoms with E-state index in [1.807, 2.05) is 4.90 Å². The van der Waals surface area contributed by atoms with Gasteiger partial charge in [0.1, 0.15) is 11.7 Å². The second kappa shape index (κ2) is 6.25. The van der Waals surface area contributed by atoms with Crippen LogP contribution in [0.3, 0.4) is 0 Å². The first-order valence-electron chi connectivity index (χ1n) is 7.03. The quantitative estimate of drug-likeness (QED) is 0.592. The van der Waals surface area contributed by atoms with E-state index < -0.39 is 4.92 Å². The molecule has 3 rings (SSSR count). The zero-order valence-electron chi connectivity index (χ0n) is 12.6. The molecular weight excluding hydrogens is 368 g/mol. The van der Waals surface area contributed by atoms with Gasteiger partial charge in [0, 0.05) is 30.6 Å². The van der Waals surface area contributed by atoms with E-state index in [1.165, 1.54) is 6.07 Å². The smallest absolute Gasteiger partial charge is 0.293 e. The van der Waals surface area contributed by atoms with Crippen LogP contribution in [0, 0.1) is 17.0 Å². The molecular formula is C14H15BrN4O4. The molecule has 0 bridgehead atoms. The fourth-order valence-electron chi connectivity index (χ4n) is 2.80. The summed E-state index contributed by atoms with van der Waals surface area (Å²) >= 11 is 3.27. The zero-order chi connectivity index (χ0) is 16.6. The van der Waals surface area contributed by atoms with E-state index in [2.05, 4.69) is 26.1 Å². The summed E-state index contributed by atoms with van der Waals surface area (Å²) in [4.78, 5) is 17.2. The van der Waals surface area contributed by atoms with Crippen LogP contribution in [-0.4, -0.2) is 34.8 Å². The summed E-state index contributed by atoms with van der Waals surface area (Å²) in [5, 5.41) is 15.2. The largest absolute Gasteiger partial charge is 0.380 e. The Bertz CT molecular complexity index is 735. The van der Waals surface area contributed by atoms with E-state index in [4.69, 9.17) is 9.26 Å². The SMILES string of the molecule is COC1CC(c2nc(C)no2)N(c2ccc(Br)cc2[N+](=O)[O-])C1. The summed E-state index contributed by atoms with van der Waals surface area (Å²) in [6.07, 6.45) is 0.571. The van der Waals surface area contributed by atoms with Crippen LogP contribution in [-0.2, 0) is 4.74 Å². The summed E-state index contributed by atoms with van der Waals surface area (Å²) < 4.78 is 11.4. The second-order valence-corrected chi connectivity index (χ2v) is 6.25. The molecule has 1 aromatic carbocycles. The van der Waals surface area contributed by atoms with Gasteiger partial charge >= 0.3 is 0 Å². The van der Waals surface area contributed by atoms with Crippen molar-refractivity contribution in [2.75, 3.05) is 18.6 Å². The van der Waals surface area contributed by atoms with Crippen molar-refractivity contribution in [3.05, 3.63) is 44.5 Å². The number of rotatable bonds is 4. The summed E-state index contributed by atoms with van der Waals surface area (Å²) in [6.45, 7) is 2.26. The number of halogens is 1. The average molecular weight is 383 g/mol. The third kappa shape index (κ3) is 3.06. The first-order valence-corrected chi connectivity index (χ1v) is 7.82. The Morgan fingerprint density at radius 3 is 2.91 bits per heavy atom. The van der Waals surface area contributed by atoms with Crippen LogP contribution in [0.5, 0.6) is 0 Å². The number of benzene rings is 1. The van der Waals surface area contributed by atoms with Gasteiger partial charge < -0.3 is 14.2 Å². The Hall–Kier alpha value is -2.00. The minimum atomic E-state index is -0.393. The molecule has 2 aromatic rings. The van der Waals surface area contributed by atoms with Gasteiger partial charge in [0.15, 0.2) is 5.82 Å².